The van der Waals surface area contributed by atoms with Crippen molar-refractivity contribution < 1.29 is 22.7 Å². The number of ether oxygens (including phenoxy) is 1. The minimum atomic E-state index is -4.69. The summed E-state index contributed by atoms with van der Waals surface area (Å²) in [5, 5.41) is 6.69. The molecule has 2 aromatic heterocycles. The first-order valence-corrected chi connectivity index (χ1v) is 10.1. The average Bonchev–Trinajstić information content (AvgIpc) is 3.30. The summed E-state index contributed by atoms with van der Waals surface area (Å²) in [6, 6.07) is 12.6. The molecule has 160 valence electrons. The first-order valence-electron chi connectivity index (χ1n) is 8.93. The molecule has 0 aliphatic heterocycles. The zero-order valence-corrected chi connectivity index (χ0v) is 17.5. The Morgan fingerprint density at radius 3 is 2.74 bits per heavy atom. The van der Waals surface area contributed by atoms with Gasteiger partial charge in [0.25, 0.3) is 5.91 Å². The lowest BCUT2D eigenvalue weighted by Gasteiger charge is -2.10. The van der Waals surface area contributed by atoms with Gasteiger partial charge in [-0.25, -0.2) is 4.98 Å². The quantitative estimate of drug-likeness (QED) is 0.423. The minimum absolute atomic E-state index is 0.179. The van der Waals surface area contributed by atoms with Crippen LogP contribution in [0, 0.1) is 6.92 Å². The van der Waals surface area contributed by atoms with Crippen LogP contribution in [0.4, 0.5) is 18.3 Å². The molecule has 0 fully saturated rings. The van der Waals surface area contributed by atoms with Gasteiger partial charge in [-0.15, -0.1) is 0 Å². The third-order valence-electron chi connectivity index (χ3n) is 4.19. The van der Waals surface area contributed by atoms with Crippen molar-refractivity contribution in [1.82, 2.24) is 14.8 Å². The number of halogens is 4. The predicted molar refractivity (Wildman–Crippen MR) is 112 cm³/mol. The van der Waals surface area contributed by atoms with E-state index < -0.39 is 24.4 Å². The van der Waals surface area contributed by atoms with Gasteiger partial charge in [-0.05, 0) is 36.8 Å². The number of aromatic nitrogens is 3. The van der Waals surface area contributed by atoms with Crippen molar-refractivity contribution in [3.63, 3.8) is 0 Å². The van der Waals surface area contributed by atoms with Gasteiger partial charge in [0, 0.05) is 6.07 Å². The normalized spacial score (nSPS) is 11.6. The predicted octanol–water partition coefficient (Wildman–Crippen LogP) is 5.48. The molecule has 0 aliphatic carbocycles. The van der Waals surface area contributed by atoms with E-state index in [4.69, 9.17) is 16.3 Å². The van der Waals surface area contributed by atoms with Crippen molar-refractivity contribution in [1.29, 1.82) is 0 Å². The standard InChI is InChI=1S/C20H14ClF3N4O2S/c1-11-6-7-13-15(8-11)31-19(25-13)26-17(29)10-30-18-9-16(20(22,23)24)27-28(18)14-5-3-2-4-12(14)21/h2-9H,10H2,1H3,(H,25,26,29). The summed E-state index contributed by atoms with van der Waals surface area (Å²) in [4.78, 5) is 16.6. The van der Waals surface area contributed by atoms with Crippen LogP contribution >= 0.6 is 22.9 Å². The molecule has 0 radical (unpaired) electrons. The molecule has 4 aromatic rings. The molecule has 2 heterocycles. The topological polar surface area (TPSA) is 69.0 Å². The Hall–Kier alpha value is -3.11. The molecule has 0 aliphatic rings. The number of benzene rings is 2. The largest absolute Gasteiger partial charge is 0.467 e. The molecule has 11 heteroatoms. The van der Waals surface area contributed by atoms with E-state index in [9.17, 15) is 18.0 Å². The van der Waals surface area contributed by atoms with Crippen LogP contribution in [0.15, 0.2) is 48.5 Å². The molecule has 0 bridgehead atoms. The highest BCUT2D eigenvalue weighted by Crippen LogP contribution is 2.33. The number of nitrogens with zero attached hydrogens (tertiary/aromatic N) is 3. The second-order valence-corrected chi connectivity index (χ2v) is 7.99. The van der Waals surface area contributed by atoms with E-state index in [0.29, 0.717) is 5.13 Å². The molecule has 0 unspecified atom stereocenters. The van der Waals surface area contributed by atoms with Crippen LogP contribution in [-0.2, 0) is 11.0 Å². The number of nitrogens with one attached hydrogen (secondary N) is 1. The van der Waals surface area contributed by atoms with Crippen LogP contribution in [0.25, 0.3) is 15.9 Å². The van der Waals surface area contributed by atoms with Crippen LogP contribution < -0.4 is 10.1 Å². The number of fused-ring (bicyclic) bond motifs is 1. The molecule has 4 rings (SSSR count). The van der Waals surface area contributed by atoms with E-state index >= 15 is 0 Å². The van der Waals surface area contributed by atoms with E-state index in [1.165, 1.54) is 23.5 Å². The highest BCUT2D eigenvalue weighted by molar-refractivity contribution is 7.22. The van der Waals surface area contributed by atoms with Gasteiger partial charge in [0.2, 0.25) is 5.88 Å². The second kappa shape index (κ2) is 8.20. The SMILES string of the molecule is Cc1ccc2nc(NC(=O)COc3cc(C(F)(F)F)nn3-c3ccccc3Cl)sc2c1. The molecule has 31 heavy (non-hydrogen) atoms. The Bertz CT molecular complexity index is 1270. The Labute approximate surface area is 183 Å². The number of rotatable bonds is 5. The zero-order chi connectivity index (χ0) is 22.2. The lowest BCUT2D eigenvalue weighted by atomic mass is 10.2. The van der Waals surface area contributed by atoms with Gasteiger partial charge >= 0.3 is 6.18 Å². The fourth-order valence-electron chi connectivity index (χ4n) is 2.78. The van der Waals surface area contributed by atoms with Gasteiger partial charge in [-0.2, -0.15) is 23.0 Å². The lowest BCUT2D eigenvalue weighted by Crippen LogP contribution is -2.21. The highest BCUT2D eigenvalue weighted by Gasteiger charge is 2.36. The summed E-state index contributed by atoms with van der Waals surface area (Å²) >= 11 is 7.38. The number of carbonyl (C=O) groups excluding carboxylic acids is 1. The molecular formula is C20H14ClF3N4O2S. The minimum Gasteiger partial charge on any atom is -0.467 e. The number of alkyl halides is 3. The summed E-state index contributed by atoms with van der Waals surface area (Å²) in [5.41, 5.74) is 0.824. The molecule has 2 aromatic carbocycles. The van der Waals surface area contributed by atoms with Crippen LogP contribution in [0.1, 0.15) is 11.3 Å². The molecular weight excluding hydrogens is 453 g/mol. The molecule has 6 nitrogen and oxygen atoms in total. The third kappa shape index (κ3) is 4.64. The van der Waals surface area contributed by atoms with Gasteiger partial charge in [0.05, 0.1) is 20.9 Å². The van der Waals surface area contributed by atoms with Gasteiger partial charge in [0.1, 0.15) is 0 Å². The second-order valence-electron chi connectivity index (χ2n) is 6.56. The molecule has 0 spiro atoms. The smallest absolute Gasteiger partial charge is 0.435 e. The summed E-state index contributed by atoms with van der Waals surface area (Å²) in [6.07, 6.45) is -4.69. The molecule has 1 amide bonds. The van der Waals surface area contributed by atoms with Gasteiger partial charge in [-0.1, -0.05) is 41.1 Å². The van der Waals surface area contributed by atoms with E-state index in [1.807, 2.05) is 25.1 Å². The van der Waals surface area contributed by atoms with Crippen LogP contribution in [0.3, 0.4) is 0 Å². The van der Waals surface area contributed by atoms with E-state index in [2.05, 4.69) is 15.4 Å². The van der Waals surface area contributed by atoms with Crippen molar-refractivity contribution in [2.24, 2.45) is 0 Å². The summed E-state index contributed by atoms with van der Waals surface area (Å²) in [7, 11) is 0. The number of carbonyl (C=O) groups is 1. The highest BCUT2D eigenvalue weighted by atomic mass is 35.5. The number of hydrogen-bond donors (Lipinski definition) is 1. The Morgan fingerprint density at radius 1 is 1.23 bits per heavy atom. The fraction of sp³-hybridized carbons (Fsp3) is 0.150. The van der Waals surface area contributed by atoms with Crippen LogP contribution in [-0.4, -0.2) is 27.3 Å². The first-order chi connectivity index (χ1) is 14.7. The van der Waals surface area contributed by atoms with Gasteiger partial charge in [-0.3, -0.25) is 10.1 Å². The number of para-hydroxylation sites is 1. The monoisotopic (exact) mass is 466 g/mol. The summed E-state index contributed by atoms with van der Waals surface area (Å²) in [5.74, 6) is -0.841. The van der Waals surface area contributed by atoms with E-state index in [1.54, 1.807) is 12.1 Å². The fourth-order valence-corrected chi connectivity index (χ4v) is 3.98. The van der Waals surface area contributed by atoms with Crippen molar-refractivity contribution in [3.8, 4) is 11.6 Å². The van der Waals surface area contributed by atoms with Crippen LogP contribution in [0.2, 0.25) is 5.02 Å². The maximum atomic E-state index is 13.2. The summed E-state index contributed by atoms with van der Waals surface area (Å²) < 4.78 is 46.7. The third-order valence-corrected chi connectivity index (χ3v) is 5.44. The average molecular weight is 467 g/mol. The number of aryl methyl sites for hydroxylation is 1. The van der Waals surface area contributed by atoms with E-state index in [0.717, 1.165) is 26.5 Å². The molecule has 1 N–H and O–H groups in total. The Morgan fingerprint density at radius 2 is 2.00 bits per heavy atom. The summed E-state index contributed by atoms with van der Waals surface area (Å²) in [6.45, 7) is 1.41. The Kier molecular flexibility index (Phi) is 5.59. The van der Waals surface area contributed by atoms with Crippen molar-refractivity contribution in [2.75, 3.05) is 11.9 Å². The van der Waals surface area contributed by atoms with Crippen molar-refractivity contribution in [2.45, 2.75) is 13.1 Å². The zero-order valence-electron chi connectivity index (χ0n) is 15.9. The van der Waals surface area contributed by atoms with Gasteiger partial charge in [0.15, 0.2) is 17.4 Å². The maximum absolute atomic E-state index is 13.2. The van der Waals surface area contributed by atoms with Crippen molar-refractivity contribution >= 4 is 44.2 Å². The first kappa shape index (κ1) is 21.1. The number of hydrogen-bond acceptors (Lipinski definition) is 5. The maximum Gasteiger partial charge on any atom is 0.435 e. The molecule has 0 saturated heterocycles. The van der Waals surface area contributed by atoms with Crippen molar-refractivity contribution in [3.05, 3.63) is 64.8 Å². The number of thiazole rings is 1. The number of amides is 1. The molecule has 0 saturated carbocycles. The molecule has 0 atom stereocenters. The van der Waals surface area contributed by atoms with Gasteiger partial charge < -0.3 is 4.74 Å². The van der Waals surface area contributed by atoms with Crippen LogP contribution in [0.5, 0.6) is 5.88 Å². The Balaban J connectivity index is 1.53. The van der Waals surface area contributed by atoms with E-state index in [-0.39, 0.29) is 16.6 Å². The number of anilines is 1. The lowest BCUT2D eigenvalue weighted by molar-refractivity contribution is -0.141.